The summed E-state index contributed by atoms with van der Waals surface area (Å²) in [5.74, 6) is -1.30. The van der Waals surface area contributed by atoms with E-state index < -0.39 is 90.4 Å². The highest BCUT2D eigenvalue weighted by Gasteiger charge is 2.51. The fourth-order valence-corrected chi connectivity index (χ4v) is 6.56. The molecule has 1 aromatic heterocycles. The first-order chi connectivity index (χ1) is 24.2. The van der Waals surface area contributed by atoms with Crippen LogP contribution in [0, 0.1) is 17.8 Å². The third kappa shape index (κ3) is 7.26. The molecule has 2 aromatic carbocycles. The summed E-state index contributed by atoms with van der Waals surface area (Å²) in [7, 11) is 0. The van der Waals surface area contributed by atoms with Crippen molar-refractivity contribution in [1.29, 1.82) is 0 Å². The highest BCUT2D eigenvalue weighted by Crippen LogP contribution is 2.39. The molecule has 3 fully saturated rings. The third-order valence-corrected chi connectivity index (χ3v) is 10.1. The maximum absolute atomic E-state index is 13.9. The van der Waals surface area contributed by atoms with Crippen molar-refractivity contribution in [3.8, 4) is 34.3 Å². The van der Waals surface area contributed by atoms with Gasteiger partial charge in [0, 0.05) is 23.6 Å². The number of aliphatic hydroxyl groups is 5. The zero-order valence-electron chi connectivity index (χ0n) is 28.3. The van der Waals surface area contributed by atoms with Crippen LogP contribution in [0.3, 0.4) is 0 Å². The van der Waals surface area contributed by atoms with Gasteiger partial charge in [0.15, 0.2) is 24.4 Å². The van der Waals surface area contributed by atoms with Crippen LogP contribution in [0.25, 0.3) is 22.3 Å². The highest BCUT2D eigenvalue weighted by molar-refractivity contribution is 5.88. The molecule has 0 amide bonds. The maximum Gasteiger partial charge on any atom is 0.239 e. The molecule has 14 atom stereocenters. The van der Waals surface area contributed by atoms with E-state index in [1.807, 2.05) is 6.92 Å². The van der Waals surface area contributed by atoms with Crippen LogP contribution in [-0.4, -0.2) is 122 Å². The molecule has 8 N–H and O–H groups in total. The first-order valence-electron chi connectivity index (χ1n) is 16.7. The van der Waals surface area contributed by atoms with E-state index in [9.17, 15) is 45.6 Å². The van der Waals surface area contributed by atoms with Crippen molar-refractivity contribution in [3.05, 3.63) is 46.6 Å². The summed E-state index contributed by atoms with van der Waals surface area (Å²) in [6.07, 6.45) is -16.7. The molecule has 0 unspecified atom stereocenters. The summed E-state index contributed by atoms with van der Waals surface area (Å²) in [5.41, 5.74) is -0.900. The molecule has 3 aliphatic rings. The topological polar surface area (TPSA) is 247 Å². The van der Waals surface area contributed by atoms with Gasteiger partial charge >= 0.3 is 0 Å². The Bertz CT molecular complexity index is 1730. The molecule has 3 aliphatic heterocycles. The van der Waals surface area contributed by atoms with Gasteiger partial charge in [0.05, 0.1) is 19.3 Å². The lowest BCUT2D eigenvalue weighted by molar-refractivity contribution is -0.359. The number of hydrogen-bond acceptors (Lipinski definition) is 16. The van der Waals surface area contributed by atoms with Crippen LogP contribution in [0.15, 0.2) is 45.6 Å². The van der Waals surface area contributed by atoms with Gasteiger partial charge in [-0.3, -0.25) is 4.79 Å². The Balaban J connectivity index is 1.30. The van der Waals surface area contributed by atoms with E-state index in [-0.39, 0.29) is 46.5 Å². The summed E-state index contributed by atoms with van der Waals surface area (Å²) < 4.78 is 41.4. The van der Waals surface area contributed by atoms with E-state index in [1.54, 1.807) is 0 Å². The maximum atomic E-state index is 13.9. The van der Waals surface area contributed by atoms with Crippen LogP contribution in [0.5, 0.6) is 23.0 Å². The van der Waals surface area contributed by atoms with E-state index in [4.69, 9.17) is 32.8 Å². The number of ether oxygens (including phenoxy) is 6. The highest BCUT2D eigenvalue weighted by atomic mass is 16.8. The molecule has 280 valence electrons. The van der Waals surface area contributed by atoms with Crippen LogP contribution < -0.4 is 10.2 Å². The zero-order valence-corrected chi connectivity index (χ0v) is 28.3. The Morgan fingerprint density at radius 1 is 0.765 bits per heavy atom. The monoisotopic (exact) mass is 720 g/mol. The van der Waals surface area contributed by atoms with Gasteiger partial charge in [0.1, 0.15) is 64.8 Å². The first kappa shape index (κ1) is 37.2. The summed E-state index contributed by atoms with van der Waals surface area (Å²) in [6, 6.07) is 7.49. The minimum Gasteiger partial charge on any atom is -0.508 e. The number of aromatic hydroxyl groups is 3. The van der Waals surface area contributed by atoms with E-state index in [1.165, 1.54) is 31.2 Å². The van der Waals surface area contributed by atoms with Gasteiger partial charge in [0.25, 0.3) is 0 Å². The van der Waals surface area contributed by atoms with E-state index in [0.717, 1.165) is 12.1 Å². The van der Waals surface area contributed by atoms with Gasteiger partial charge in [-0.15, -0.1) is 0 Å². The van der Waals surface area contributed by atoms with Crippen molar-refractivity contribution in [3.63, 3.8) is 0 Å². The fourth-order valence-electron chi connectivity index (χ4n) is 6.56. The Morgan fingerprint density at radius 2 is 1.47 bits per heavy atom. The first-order valence-corrected chi connectivity index (χ1v) is 16.7. The van der Waals surface area contributed by atoms with Crippen molar-refractivity contribution < 1.29 is 73.7 Å². The second-order valence-corrected chi connectivity index (χ2v) is 13.6. The van der Waals surface area contributed by atoms with Crippen molar-refractivity contribution in [1.82, 2.24) is 0 Å². The van der Waals surface area contributed by atoms with Crippen molar-refractivity contribution in [2.45, 2.75) is 95.4 Å². The Morgan fingerprint density at radius 3 is 2.18 bits per heavy atom. The smallest absolute Gasteiger partial charge is 0.239 e. The van der Waals surface area contributed by atoms with Crippen molar-refractivity contribution >= 4 is 11.0 Å². The van der Waals surface area contributed by atoms with Gasteiger partial charge in [-0.1, -0.05) is 20.8 Å². The van der Waals surface area contributed by atoms with Crippen LogP contribution in [0.2, 0.25) is 0 Å². The molecule has 16 nitrogen and oxygen atoms in total. The zero-order chi connectivity index (χ0) is 36.9. The number of phenolic OH excluding ortho intramolecular Hbond substituents is 3. The van der Waals surface area contributed by atoms with E-state index in [2.05, 4.69) is 13.8 Å². The Kier molecular flexibility index (Phi) is 10.8. The Hall–Kier alpha value is -3.55. The molecule has 51 heavy (non-hydrogen) atoms. The van der Waals surface area contributed by atoms with E-state index >= 15 is 0 Å². The largest absolute Gasteiger partial charge is 0.508 e. The standard InChI is InChI=1S/C35H44O16/c1-13-11-45-33(15(3)14(13)2)46-12-22-25(40)27(42)29(44)34(49-22)51-32-28(43)24(39)16(4)47-35(32)50-31-26(41)23-20(38)9-19(37)10-21(23)48-30(31)17-5-7-18(36)8-6-17/h5-10,13-16,22,24-25,27-29,32-40,42-44H,11-12H2,1-4H3/t13-,14+,15-,16+,22-,24+,25-,27+,28-,29-,32-,33+,34+,35+/m1/s1. The molecule has 16 heteroatoms. The van der Waals surface area contributed by atoms with Gasteiger partial charge in [-0.05, 0) is 43.0 Å². The normalized spacial score (nSPS) is 37.4. The molecule has 0 radical (unpaired) electrons. The van der Waals surface area contributed by atoms with Gasteiger partial charge in [-0.25, -0.2) is 0 Å². The number of fused-ring (bicyclic) bond motifs is 1. The van der Waals surface area contributed by atoms with Crippen molar-refractivity contribution in [2.24, 2.45) is 17.8 Å². The number of aliphatic hydroxyl groups excluding tert-OH is 5. The lowest BCUT2D eigenvalue weighted by Crippen LogP contribution is -2.64. The van der Waals surface area contributed by atoms with Crippen LogP contribution in [-0.2, 0) is 23.7 Å². The molecule has 0 bridgehead atoms. The van der Waals surface area contributed by atoms with Crippen LogP contribution in [0.1, 0.15) is 27.7 Å². The molecule has 0 aliphatic carbocycles. The number of rotatable bonds is 8. The van der Waals surface area contributed by atoms with E-state index in [0.29, 0.717) is 12.5 Å². The second-order valence-electron chi connectivity index (χ2n) is 13.6. The minimum atomic E-state index is -1.87. The third-order valence-electron chi connectivity index (χ3n) is 10.1. The molecule has 3 saturated heterocycles. The molecule has 0 saturated carbocycles. The summed E-state index contributed by atoms with van der Waals surface area (Å²) >= 11 is 0. The molecule has 0 spiro atoms. The molecule has 3 aromatic rings. The summed E-state index contributed by atoms with van der Waals surface area (Å²) in [4.78, 5) is 13.9. The Labute approximate surface area is 291 Å². The quantitative estimate of drug-likeness (QED) is 0.161. The number of hydrogen-bond donors (Lipinski definition) is 8. The SMILES string of the molecule is C[C@@H]1[C@@H](C)[C@H](OC[C@H]2O[C@@H](O[C@H]3[C@H](Oc4c(-c5ccc(O)cc5)oc5cc(O)cc(O)c5c4=O)O[C@@H](C)[C@H](O)[C@H]3O)[C@H](O)[C@@H](O)[C@@H]2O)OC[C@H]1C. The minimum absolute atomic E-state index is 0.000204. The van der Waals surface area contributed by atoms with Gasteiger partial charge < -0.3 is 73.7 Å². The van der Waals surface area contributed by atoms with Crippen LogP contribution >= 0.6 is 0 Å². The van der Waals surface area contributed by atoms with Crippen LogP contribution in [0.4, 0.5) is 0 Å². The second kappa shape index (κ2) is 14.8. The lowest BCUT2D eigenvalue weighted by Gasteiger charge is -2.46. The van der Waals surface area contributed by atoms with Gasteiger partial charge in [0.2, 0.25) is 17.5 Å². The summed E-state index contributed by atoms with van der Waals surface area (Å²) in [5, 5.41) is 84.5. The molecule has 6 rings (SSSR count). The average molecular weight is 721 g/mol. The fraction of sp³-hybridized carbons (Fsp3) is 0.571. The predicted octanol–water partition coefficient (Wildman–Crippen LogP) is 0.896. The molecular weight excluding hydrogens is 676 g/mol. The molecule has 4 heterocycles. The van der Waals surface area contributed by atoms with Crippen molar-refractivity contribution in [2.75, 3.05) is 13.2 Å². The number of benzene rings is 2. The summed E-state index contributed by atoms with van der Waals surface area (Å²) in [6.45, 7) is 7.74. The van der Waals surface area contributed by atoms with Gasteiger partial charge in [-0.2, -0.15) is 0 Å². The average Bonchev–Trinajstić information content (AvgIpc) is 3.09. The number of phenols is 3. The predicted molar refractivity (Wildman–Crippen MR) is 175 cm³/mol. The molecular formula is C35H44O16. The lowest BCUT2D eigenvalue weighted by atomic mass is 9.83.